The summed E-state index contributed by atoms with van der Waals surface area (Å²) in [6.07, 6.45) is 10.6. The van der Waals surface area contributed by atoms with Gasteiger partial charge in [0.15, 0.2) is 0 Å². The highest BCUT2D eigenvalue weighted by Crippen LogP contribution is 2.34. The minimum Gasteiger partial charge on any atom is -0.349 e. The molecule has 17 heavy (non-hydrogen) atoms. The summed E-state index contributed by atoms with van der Waals surface area (Å²) in [4.78, 5) is 13.6. The third-order valence-corrected chi connectivity index (χ3v) is 3.84. The fourth-order valence-electron chi connectivity index (χ4n) is 2.72. The van der Waals surface area contributed by atoms with E-state index in [-0.39, 0.29) is 0 Å². The van der Waals surface area contributed by atoms with E-state index < -0.39 is 0 Å². The Bertz CT molecular complexity index is 355. The van der Waals surface area contributed by atoms with Crippen molar-refractivity contribution in [3.8, 4) is 0 Å². The number of aromatic nitrogens is 2. The number of anilines is 1. The molecule has 1 saturated heterocycles. The molecule has 1 aliphatic carbocycles. The van der Waals surface area contributed by atoms with Gasteiger partial charge in [-0.25, -0.2) is 4.98 Å². The van der Waals surface area contributed by atoms with Gasteiger partial charge in [-0.05, 0) is 45.8 Å². The molecule has 0 unspecified atom stereocenters. The molecule has 0 spiro atoms. The Morgan fingerprint density at radius 2 is 1.82 bits per heavy atom. The van der Waals surface area contributed by atoms with Gasteiger partial charge in [0.25, 0.3) is 0 Å². The second-order valence-electron chi connectivity index (χ2n) is 5.24. The predicted molar refractivity (Wildman–Crippen MR) is 68.1 cm³/mol. The number of hydrogen-bond donors (Lipinski definition) is 0. The number of piperidine rings is 1. The number of nitrogens with zero attached hydrogens (tertiary/aromatic N) is 4. The topological polar surface area (TPSA) is 32.3 Å². The van der Waals surface area contributed by atoms with E-state index in [2.05, 4.69) is 26.8 Å². The Labute approximate surface area is 103 Å². The Morgan fingerprint density at radius 1 is 1.12 bits per heavy atom. The van der Waals surface area contributed by atoms with Crippen LogP contribution in [0, 0.1) is 0 Å². The maximum atomic E-state index is 4.48. The van der Waals surface area contributed by atoms with Gasteiger partial charge in [-0.2, -0.15) is 0 Å². The lowest BCUT2D eigenvalue weighted by Crippen LogP contribution is -2.45. The third-order valence-electron chi connectivity index (χ3n) is 3.84. The van der Waals surface area contributed by atoms with Crippen molar-refractivity contribution in [1.82, 2.24) is 14.9 Å². The lowest BCUT2D eigenvalue weighted by Gasteiger charge is -2.38. The summed E-state index contributed by atoms with van der Waals surface area (Å²) in [6, 6.07) is 1.38. The van der Waals surface area contributed by atoms with Crippen LogP contribution in [-0.2, 0) is 0 Å². The van der Waals surface area contributed by atoms with E-state index >= 15 is 0 Å². The van der Waals surface area contributed by atoms with Crippen LogP contribution < -0.4 is 4.90 Å². The van der Waals surface area contributed by atoms with Gasteiger partial charge in [-0.1, -0.05) is 0 Å². The van der Waals surface area contributed by atoms with Crippen LogP contribution in [0.3, 0.4) is 0 Å². The standard InChI is InChI=1S/C13H20N4/c1-16-8-4-12(5-9-16)17(11-2-3-11)13-10-14-6-7-15-13/h6-7,10-12H,2-5,8-9H2,1H3. The molecule has 2 heterocycles. The minimum absolute atomic E-state index is 0.662. The molecular weight excluding hydrogens is 212 g/mol. The fraction of sp³-hybridized carbons (Fsp3) is 0.692. The van der Waals surface area contributed by atoms with Crippen molar-refractivity contribution in [2.45, 2.75) is 37.8 Å². The van der Waals surface area contributed by atoms with Crippen molar-refractivity contribution in [3.05, 3.63) is 18.6 Å². The van der Waals surface area contributed by atoms with E-state index in [0.717, 1.165) is 11.9 Å². The largest absolute Gasteiger partial charge is 0.349 e. The van der Waals surface area contributed by atoms with Gasteiger partial charge < -0.3 is 9.80 Å². The summed E-state index contributed by atoms with van der Waals surface area (Å²) >= 11 is 0. The van der Waals surface area contributed by atoms with Crippen molar-refractivity contribution in [1.29, 1.82) is 0 Å². The predicted octanol–water partition coefficient (Wildman–Crippen LogP) is 1.54. The highest BCUT2D eigenvalue weighted by Gasteiger charge is 2.35. The molecule has 1 aromatic heterocycles. The van der Waals surface area contributed by atoms with Crippen molar-refractivity contribution in [3.63, 3.8) is 0 Å². The molecule has 1 aliphatic heterocycles. The molecule has 4 heteroatoms. The summed E-state index contributed by atoms with van der Waals surface area (Å²) < 4.78 is 0. The van der Waals surface area contributed by atoms with Gasteiger partial charge >= 0.3 is 0 Å². The average Bonchev–Trinajstić information content (AvgIpc) is 3.18. The molecule has 1 aromatic rings. The van der Waals surface area contributed by atoms with E-state index in [4.69, 9.17) is 0 Å². The SMILES string of the molecule is CN1CCC(N(c2cnccn2)C2CC2)CC1. The maximum absolute atomic E-state index is 4.48. The Balaban J connectivity index is 1.76. The van der Waals surface area contributed by atoms with E-state index in [1.807, 2.05) is 6.20 Å². The molecule has 3 rings (SSSR count). The van der Waals surface area contributed by atoms with Gasteiger partial charge in [-0.15, -0.1) is 0 Å². The molecule has 92 valence electrons. The monoisotopic (exact) mass is 232 g/mol. The number of likely N-dealkylation sites (tertiary alicyclic amines) is 1. The van der Waals surface area contributed by atoms with Crippen molar-refractivity contribution < 1.29 is 0 Å². The zero-order valence-corrected chi connectivity index (χ0v) is 10.4. The molecule has 2 aliphatic rings. The molecule has 0 N–H and O–H groups in total. The van der Waals surface area contributed by atoms with Gasteiger partial charge in [-0.3, -0.25) is 4.98 Å². The van der Waals surface area contributed by atoms with Crippen LogP contribution in [0.5, 0.6) is 0 Å². The van der Waals surface area contributed by atoms with Gasteiger partial charge in [0.1, 0.15) is 5.82 Å². The number of rotatable bonds is 3. The molecule has 0 atom stereocenters. The summed E-state index contributed by atoms with van der Waals surface area (Å²) in [6.45, 7) is 2.41. The molecule has 0 radical (unpaired) electrons. The average molecular weight is 232 g/mol. The van der Waals surface area contributed by atoms with Crippen molar-refractivity contribution in [2.24, 2.45) is 0 Å². The van der Waals surface area contributed by atoms with Crippen LogP contribution in [0.1, 0.15) is 25.7 Å². The Hall–Kier alpha value is -1.16. The van der Waals surface area contributed by atoms with E-state index in [0.29, 0.717) is 6.04 Å². The van der Waals surface area contributed by atoms with Crippen LogP contribution in [0.25, 0.3) is 0 Å². The molecule has 0 aromatic carbocycles. The summed E-state index contributed by atoms with van der Waals surface area (Å²) in [5.41, 5.74) is 0. The van der Waals surface area contributed by atoms with Crippen LogP contribution in [0.15, 0.2) is 18.6 Å². The smallest absolute Gasteiger partial charge is 0.147 e. The Morgan fingerprint density at radius 3 is 2.41 bits per heavy atom. The zero-order chi connectivity index (χ0) is 11.7. The van der Waals surface area contributed by atoms with Gasteiger partial charge in [0, 0.05) is 24.5 Å². The first-order valence-electron chi connectivity index (χ1n) is 6.57. The maximum Gasteiger partial charge on any atom is 0.147 e. The lowest BCUT2D eigenvalue weighted by molar-refractivity contribution is 0.248. The van der Waals surface area contributed by atoms with E-state index in [1.54, 1.807) is 12.4 Å². The van der Waals surface area contributed by atoms with Crippen molar-refractivity contribution >= 4 is 5.82 Å². The number of hydrogen-bond acceptors (Lipinski definition) is 4. The van der Waals surface area contributed by atoms with E-state index in [9.17, 15) is 0 Å². The molecule has 0 amide bonds. The van der Waals surface area contributed by atoms with Crippen molar-refractivity contribution in [2.75, 3.05) is 25.0 Å². The first-order chi connectivity index (χ1) is 8.34. The summed E-state index contributed by atoms with van der Waals surface area (Å²) in [5, 5.41) is 0. The molecular formula is C13H20N4. The van der Waals surface area contributed by atoms with Crippen LogP contribution in [0.4, 0.5) is 5.82 Å². The second kappa shape index (κ2) is 4.61. The third kappa shape index (κ3) is 2.41. The molecule has 1 saturated carbocycles. The lowest BCUT2D eigenvalue weighted by atomic mass is 10.0. The fourth-order valence-corrected chi connectivity index (χ4v) is 2.72. The highest BCUT2D eigenvalue weighted by atomic mass is 15.3. The van der Waals surface area contributed by atoms with Gasteiger partial charge in [0.2, 0.25) is 0 Å². The first kappa shape index (κ1) is 11.0. The summed E-state index contributed by atoms with van der Waals surface area (Å²) in [7, 11) is 2.21. The molecule has 4 nitrogen and oxygen atoms in total. The minimum atomic E-state index is 0.662. The zero-order valence-electron chi connectivity index (χ0n) is 10.4. The van der Waals surface area contributed by atoms with Crippen LogP contribution in [-0.4, -0.2) is 47.1 Å². The van der Waals surface area contributed by atoms with Crippen LogP contribution >= 0.6 is 0 Å². The highest BCUT2D eigenvalue weighted by molar-refractivity contribution is 5.40. The summed E-state index contributed by atoms with van der Waals surface area (Å²) in [5.74, 6) is 1.07. The quantitative estimate of drug-likeness (QED) is 0.791. The Kier molecular flexibility index (Phi) is 2.97. The van der Waals surface area contributed by atoms with Crippen LogP contribution in [0.2, 0.25) is 0 Å². The molecule has 0 bridgehead atoms. The second-order valence-corrected chi connectivity index (χ2v) is 5.24. The first-order valence-corrected chi connectivity index (χ1v) is 6.57. The van der Waals surface area contributed by atoms with Gasteiger partial charge in [0.05, 0.1) is 6.20 Å². The normalized spacial score (nSPS) is 22.6. The molecule has 2 fully saturated rings. The van der Waals surface area contributed by atoms with E-state index in [1.165, 1.54) is 38.8 Å².